The number of allylic oxidation sites excluding steroid dienone is 2. The largest absolute Gasteiger partial charge is 0.457 e. The zero-order valence-corrected chi connectivity index (χ0v) is 10.4. The Morgan fingerprint density at radius 3 is 2.39 bits per heavy atom. The van der Waals surface area contributed by atoms with Crippen LogP contribution in [-0.4, -0.2) is 0 Å². The Morgan fingerprint density at radius 1 is 0.889 bits per heavy atom. The van der Waals surface area contributed by atoms with Gasteiger partial charge in [-0.15, -0.1) is 0 Å². The highest BCUT2D eigenvalue weighted by atomic mass is 16.5. The average Bonchev–Trinajstić information content (AvgIpc) is 2.42. The second-order valence-electron chi connectivity index (χ2n) is 3.99. The standard InChI is InChI=1S/C17H17O/c1-2-3-5-10-15-11-8-9-14-17(15)18-16-12-6-4-7-13-16/h3-9,11-14H,1-2,10H2. The fraction of sp³-hybridized carbons (Fsp3) is 0.118. The third kappa shape index (κ3) is 3.49. The van der Waals surface area contributed by atoms with Crippen LogP contribution in [0.3, 0.4) is 0 Å². The molecule has 1 heteroatoms. The monoisotopic (exact) mass is 237 g/mol. The molecule has 0 atom stereocenters. The maximum Gasteiger partial charge on any atom is 0.130 e. The molecule has 0 unspecified atom stereocenters. The molecule has 18 heavy (non-hydrogen) atoms. The zero-order valence-electron chi connectivity index (χ0n) is 10.4. The van der Waals surface area contributed by atoms with Crippen LogP contribution in [0.2, 0.25) is 0 Å². The highest BCUT2D eigenvalue weighted by Gasteiger charge is 2.02. The van der Waals surface area contributed by atoms with Crippen molar-refractivity contribution >= 4 is 0 Å². The van der Waals surface area contributed by atoms with Crippen LogP contribution in [0.15, 0.2) is 66.7 Å². The molecule has 1 nitrogen and oxygen atoms in total. The highest BCUT2D eigenvalue weighted by molar-refractivity contribution is 5.38. The first kappa shape index (κ1) is 12.4. The van der Waals surface area contributed by atoms with Gasteiger partial charge in [0.15, 0.2) is 0 Å². The lowest BCUT2D eigenvalue weighted by atomic mass is 10.1. The van der Waals surface area contributed by atoms with Gasteiger partial charge in [-0.05, 0) is 43.5 Å². The molecule has 2 rings (SSSR count). The molecule has 0 aliphatic heterocycles. The van der Waals surface area contributed by atoms with E-state index in [1.165, 1.54) is 5.56 Å². The summed E-state index contributed by atoms with van der Waals surface area (Å²) in [6.07, 6.45) is 5.89. The minimum Gasteiger partial charge on any atom is -0.457 e. The van der Waals surface area contributed by atoms with Crippen molar-refractivity contribution in [2.45, 2.75) is 12.8 Å². The molecular formula is C17H17O. The maximum absolute atomic E-state index is 5.89. The van der Waals surface area contributed by atoms with Crippen LogP contribution in [0.25, 0.3) is 0 Å². The molecular weight excluding hydrogens is 220 g/mol. The van der Waals surface area contributed by atoms with E-state index in [1.54, 1.807) is 0 Å². The van der Waals surface area contributed by atoms with Gasteiger partial charge in [0.25, 0.3) is 0 Å². The van der Waals surface area contributed by atoms with Crippen LogP contribution in [0, 0.1) is 6.92 Å². The molecule has 2 aromatic carbocycles. The molecule has 0 aliphatic carbocycles. The number of hydrogen-bond acceptors (Lipinski definition) is 1. The molecule has 0 aromatic heterocycles. The predicted molar refractivity (Wildman–Crippen MR) is 75.8 cm³/mol. The minimum absolute atomic E-state index is 0.821. The summed E-state index contributed by atoms with van der Waals surface area (Å²) in [5, 5.41) is 0. The van der Waals surface area contributed by atoms with E-state index in [9.17, 15) is 0 Å². The smallest absolute Gasteiger partial charge is 0.130 e. The Bertz CT molecular complexity index is 500. The molecule has 0 fully saturated rings. The Labute approximate surface area is 109 Å². The summed E-state index contributed by atoms with van der Waals surface area (Å²) in [5.74, 6) is 1.78. The van der Waals surface area contributed by atoms with Gasteiger partial charge in [0.05, 0.1) is 0 Å². The van der Waals surface area contributed by atoms with Crippen LogP contribution >= 0.6 is 0 Å². The topological polar surface area (TPSA) is 9.23 Å². The van der Waals surface area contributed by atoms with Crippen molar-refractivity contribution < 1.29 is 4.74 Å². The predicted octanol–water partition coefficient (Wildman–Crippen LogP) is 4.80. The van der Waals surface area contributed by atoms with Gasteiger partial charge in [-0.25, -0.2) is 0 Å². The normalized spacial score (nSPS) is 10.7. The second kappa shape index (κ2) is 6.65. The molecule has 0 saturated heterocycles. The van der Waals surface area contributed by atoms with E-state index >= 15 is 0 Å². The number of para-hydroxylation sites is 2. The van der Waals surface area contributed by atoms with E-state index in [0.29, 0.717) is 0 Å². The number of rotatable bonds is 5. The van der Waals surface area contributed by atoms with E-state index in [2.05, 4.69) is 25.1 Å². The molecule has 2 aromatic rings. The summed E-state index contributed by atoms with van der Waals surface area (Å²) in [4.78, 5) is 0. The van der Waals surface area contributed by atoms with E-state index < -0.39 is 0 Å². The van der Waals surface area contributed by atoms with Crippen molar-refractivity contribution in [1.29, 1.82) is 0 Å². The quantitative estimate of drug-likeness (QED) is 0.678. The van der Waals surface area contributed by atoms with Crippen molar-refractivity contribution in [1.82, 2.24) is 0 Å². The van der Waals surface area contributed by atoms with Gasteiger partial charge < -0.3 is 4.74 Å². The van der Waals surface area contributed by atoms with Crippen LogP contribution < -0.4 is 4.74 Å². The third-order valence-corrected chi connectivity index (χ3v) is 2.61. The summed E-state index contributed by atoms with van der Waals surface area (Å²) >= 11 is 0. The lowest BCUT2D eigenvalue weighted by Crippen LogP contribution is -1.90. The van der Waals surface area contributed by atoms with Crippen molar-refractivity contribution in [3.8, 4) is 11.5 Å². The second-order valence-corrected chi connectivity index (χ2v) is 3.99. The van der Waals surface area contributed by atoms with Gasteiger partial charge in [-0.1, -0.05) is 48.6 Å². The van der Waals surface area contributed by atoms with Crippen LogP contribution in [0.4, 0.5) is 0 Å². The van der Waals surface area contributed by atoms with Gasteiger partial charge in [0.2, 0.25) is 0 Å². The molecule has 0 N–H and O–H groups in total. The van der Waals surface area contributed by atoms with E-state index in [1.807, 2.05) is 48.5 Å². The molecule has 0 bridgehead atoms. The Balaban J connectivity index is 2.15. The highest BCUT2D eigenvalue weighted by Crippen LogP contribution is 2.25. The number of benzene rings is 2. The van der Waals surface area contributed by atoms with Gasteiger partial charge in [-0.3, -0.25) is 0 Å². The Kier molecular flexibility index (Phi) is 4.60. The van der Waals surface area contributed by atoms with Crippen molar-refractivity contribution in [3.05, 3.63) is 79.2 Å². The number of hydrogen-bond donors (Lipinski definition) is 0. The number of ether oxygens (including phenoxy) is 1. The van der Waals surface area contributed by atoms with Gasteiger partial charge in [-0.2, -0.15) is 0 Å². The summed E-state index contributed by atoms with van der Waals surface area (Å²) in [6.45, 7) is 3.79. The van der Waals surface area contributed by atoms with Crippen molar-refractivity contribution in [2.24, 2.45) is 0 Å². The lowest BCUT2D eigenvalue weighted by Gasteiger charge is -2.09. The molecule has 0 heterocycles. The van der Waals surface area contributed by atoms with Crippen LogP contribution in [0.5, 0.6) is 11.5 Å². The zero-order chi connectivity index (χ0) is 12.6. The Morgan fingerprint density at radius 2 is 1.61 bits per heavy atom. The molecule has 1 radical (unpaired) electrons. The maximum atomic E-state index is 5.89. The molecule has 0 aliphatic rings. The summed E-state index contributed by atoms with van der Waals surface area (Å²) in [6, 6.07) is 18.0. The van der Waals surface area contributed by atoms with Gasteiger partial charge >= 0.3 is 0 Å². The first-order valence-corrected chi connectivity index (χ1v) is 6.15. The Hall–Kier alpha value is -2.02. The summed E-state index contributed by atoms with van der Waals surface area (Å²) in [5.41, 5.74) is 1.19. The summed E-state index contributed by atoms with van der Waals surface area (Å²) < 4.78 is 5.89. The first-order valence-electron chi connectivity index (χ1n) is 6.15. The third-order valence-electron chi connectivity index (χ3n) is 2.61. The van der Waals surface area contributed by atoms with Crippen LogP contribution in [0.1, 0.15) is 12.0 Å². The molecule has 91 valence electrons. The van der Waals surface area contributed by atoms with Gasteiger partial charge in [0, 0.05) is 0 Å². The lowest BCUT2D eigenvalue weighted by molar-refractivity contribution is 0.477. The fourth-order valence-electron chi connectivity index (χ4n) is 1.72. The summed E-state index contributed by atoms with van der Waals surface area (Å²) in [7, 11) is 0. The molecule has 0 saturated carbocycles. The average molecular weight is 237 g/mol. The van der Waals surface area contributed by atoms with E-state index in [-0.39, 0.29) is 0 Å². The minimum atomic E-state index is 0.821. The SMILES string of the molecule is [CH2]CC=CCc1ccccc1Oc1ccccc1. The molecule has 0 amide bonds. The van der Waals surface area contributed by atoms with Crippen molar-refractivity contribution in [3.63, 3.8) is 0 Å². The van der Waals surface area contributed by atoms with E-state index in [0.717, 1.165) is 24.3 Å². The fourth-order valence-corrected chi connectivity index (χ4v) is 1.72. The van der Waals surface area contributed by atoms with Crippen LogP contribution in [-0.2, 0) is 6.42 Å². The molecule has 0 spiro atoms. The van der Waals surface area contributed by atoms with E-state index in [4.69, 9.17) is 4.74 Å². The first-order chi connectivity index (χ1) is 8.90. The van der Waals surface area contributed by atoms with Gasteiger partial charge in [0.1, 0.15) is 11.5 Å². The van der Waals surface area contributed by atoms with Crippen molar-refractivity contribution in [2.75, 3.05) is 0 Å².